The summed E-state index contributed by atoms with van der Waals surface area (Å²) in [6, 6.07) is 15.1. The van der Waals surface area contributed by atoms with Crippen LogP contribution in [0.4, 0.5) is 5.69 Å². The van der Waals surface area contributed by atoms with Crippen molar-refractivity contribution in [3.63, 3.8) is 0 Å². The van der Waals surface area contributed by atoms with E-state index in [1.807, 2.05) is 56.3 Å². The van der Waals surface area contributed by atoms with Crippen molar-refractivity contribution in [2.75, 3.05) is 25.3 Å². The van der Waals surface area contributed by atoms with Gasteiger partial charge in [0.05, 0.1) is 25.7 Å². The number of amides is 1. The van der Waals surface area contributed by atoms with Gasteiger partial charge >= 0.3 is 0 Å². The normalized spacial score (nSPS) is 10.5. The van der Waals surface area contributed by atoms with Gasteiger partial charge in [0.2, 0.25) is 5.91 Å². The third kappa shape index (κ3) is 5.06. The van der Waals surface area contributed by atoms with Crippen molar-refractivity contribution < 1.29 is 14.3 Å². The second-order valence-corrected chi connectivity index (χ2v) is 7.40. The second-order valence-electron chi connectivity index (χ2n) is 6.41. The fourth-order valence-corrected chi connectivity index (χ4v) is 3.38. The highest BCUT2D eigenvalue weighted by Crippen LogP contribution is 2.32. The van der Waals surface area contributed by atoms with E-state index in [9.17, 15) is 4.79 Å². The van der Waals surface area contributed by atoms with Crippen molar-refractivity contribution in [1.29, 1.82) is 0 Å². The van der Waals surface area contributed by atoms with E-state index in [4.69, 9.17) is 9.47 Å². The average molecular weight is 410 g/mol. The number of nitrogens with zero attached hydrogens (tertiary/aromatic N) is 2. The Balaban J connectivity index is 1.64. The van der Waals surface area contributed by atoms with Gasteiger partial charge in [-0.25, -0.2) is 0 Å². The summed E-state index contributed by atoms with van der Waals surface area (Å²) < 4.78 is 10.6. The molecular weight excluding hydrogens is 386 g/mol. The topological polar surface area (TPSA) is 73.3 Å². The minimum Gasteiger partial charge on any atom is -0.497 e. The number of aromatic nitrogens is 2. The van der Waals surface area contributed by atoms with Crippen LogP contribution in [0.2, 0.25) is 0 Å². The second kappa shape index (κ2) is 9.43. The van der Waals surface area contributed by atoms with Crippen LogP contribution in [-0.4, -0.2) is 36.1 Å². The van der Waals surface area contributed by atoms with Crippen LogP contribution in [0.5, 0.6) is 11.5 Å². The van der Waals surface area contributed by atoms with Crippen molar-refractivity contribution in [3.8, 4) is 22.8 Å². The fourth-order valence-electron chi connectivity index (χ4n) is 2.76. The van der Waals surface area contributed by atoms with E-state index in [2.05, 4.69) is 15.5 Å². The predicted octanol–water partition coefficient (Wildman–Crippen LogP) is 4.51. The summed E-state index contributed by atoms with van der Waals surface area (Å²) in [5.74, 6) is 1.55. The van der Waals surface area contributed by atoms with Gasteiger partial charge in [0.25, 0.3) is 0 Å². The third-order valence-corrected chi connectivity index (χ3v) is 5.47. The number of nitrogens with one attached hydrogen (secondary N) is 1. The lowest BCUT2D eigenvalue weighted by Gasteiger charge is -2.10. The van der Waals surface area contributed by atoms with Gasteiger partial charge in [-0.05, 0) is 55.3 Å². The third-order valence-electron chi connectivity index (χ3n) is 4.55. The molecule has 7 heteroatoms. The van der Waals surface area contributed by atoms with Crippen LogP contribution in [0.15, 0.2) is 53.6 Å². The molecule has 3 aromatic rings. The lowest BCUT2D eigenvalue weighted by atomic mass is 10.1. The molecule has 0 aliphatic carbocycles. The smallest absolute Gasteiger partial charge is 0.234 e. The first-order chi connectivity index (χ1) is 14.0. The van der Waals surface area contributed by atoms with E-state index < -0.39 is 0 Å². The van der Waals surface area contributed by atoms with Crippen LogP contribution in [0.25, 0.3) is 11.3 Å². The van der Waals surface area contributed by atoms with Crippen LogP contribution in [0, 0.1) is 13.8 Å². The van der Waals surface area contributed by atoms with Gasteiger partial charge in [0.15, 0.2) is 0 Å². The van der Waals surface area contributed by atoms with Crippen molar-refractivity contribution >= 4 is 23.4 Å². The van der Waals surface area contributed by atoms with Gasteiger partial charge in [-0.3, -0.25) is 4.79 Å². The zero-order chi connectivity index (χ0) is 20.8. The molecule has 1 amide bonds. The van der Waals surface area contributed by atoms with E-state index in [0.717, 1.165) is 22.4 Å². The molecule has 1 aromatic heterocycles. The quantitative estimate of drug-likeness (QED) is 0.579. The monoisotopic (exact) mass is 409 g/mol. The molecule has 1 heterocycles. The number of carbonyl (C=O) groups is 1. The van der Waals surface area contributed by atoms with Crippen LogP contribution in [0.3, 0.4) is 0 Å². The molecule has 150 valence electrons. The van der Waals surface area contributed by atoms with Crippen LogP contribution >= 0.6 is 11.8 Å². The Kier molecular flexibility index (Phi) is 6.72. The molecule has 0 aliphatic heterocycles. The zero-order valence-corrected chi connectivity index (χ0v) is 17.7. The van der Waals surface area contributed by atoms with E-state index >= 15 is 0 Å². The highest BCUT2D eigenvalue weighted by molar-refractivity contribution is 7.99. The molecule has 0 saturated heterocycles. The molecule has 0 spiro atoms. The number of rotatable bonds is 7. The maximum Gasteiger partial charge on any atom is 0.234 e. The van der Waals surface area contributed by atoms with Gasteiger partial charge < -0.3 is 14.8 Å². The minimum absolute atomic E-state index is 0.0774. The molecule has 0 unspecified atom stereocenters. The summed E-state index contributed by atoms with van der Waals surface area (Å²) in [6.07, 6.45) is 0. The van der Waals surface area contributed by atoms with E-state index in [-0.39, 0.29) is 11.7 Å². The van der Waals surface area contributed by atoms with Crippen molar-refractivity contribution in [1.82, 2.24) is 10.2 Å². The number of ether oxygens (including phenoxy) is 2. The molecule has 6 nitrogen and oxygen atoms in total. The molecule has 0 radical (unpaired) electrons. The van der Waals surface area contributed by atoms with Crippen molar-refractivity contribution in [2.45, 2.75) is 18.9 Å². The number of carbonyl (C=O) groups excluding carboxylic acids is 1. The Morgan fingerprint density at radius 3 is 2.55 bits per heavy atom. The van der Waals surface area contributed by atoms with Gasteiger partial charge in [0.1, 0.15) is 16.5 Å². The van der Waals surface area contributed by atoms with Crippen LogP contribution < -0.4 is 14.8 Å². The largest absolute Gasteiger partial charge is 0.497 e. The first-order valence-corrected chi connectivity index (χ1v) is 10.1. The SMILES string of the molecule is COc1ccc(-c2ccc(SCC(=O)Nc3cccc(C)c3C)nn2)c(OC)c1. The maximum absolute atomic E-state index is 12.3. The first kappa shape index (κ1) is 20.7. The lowest BCUT2D eigenvalue weighted by molar-refractivity contribution is -0.113. The number of anilines is 1. The Morgan fingerprint density at radius 2 is 1.86 bits per heavy atom. The number of thioether (sulfide) groups is 1. The predicted molar refractivity (Wildman–Crippen MR) is 116 cm³/mol. The number of methoxy groups -OCH3 is 2. The molecule has 3 rings (SSSR count). The molecule has 0 aliphatic rings. The minimum atomic E-state index is -0.0774. The molecular formula is C22H23N3O3S. The standard InChI is InChI=1S/C22H23N3O3S/c1-14-6-5-7-18(15(14)2)23-21(26)13-29-22-11-10-19(24-25-22)17-9-8-16(27-3)12-20(17)28-4/h5-12H,13H2,1-4H3,(H,23,26). The number of aryl methyl sites for hydroxylation is 1. The average Bonchev–Trinajstić information content (AvgIpc) is 2.75. The van der Waals surface area contributed by atoms with Crippen LogP contribution in [-0.2, 0) is 4.79 Å². The number of hydrogen-bond acceptors (Lipinski definition) is 6. The fraction of sp³-hybridized carbons (Fsp3) is 0.227. The molecule has 0 bridgehead atoms. The summed E-state index contributed by atoms with van der Waals surface area (Å²) in [5.41, 5.74) is 4.57. The lowest BCUT2D eigenvalue weighted by Crippen LogP contribution is -2.15. The van der Waals surface area contributed by atoms with Gasteiger partial charge in [-0.1, -0.05) is 23.9 Å². The molecule has 0 fully saturated rings. The van der Waals surface area contributed by atoms with E-state index in [1.54, 1.807) is 20.3 Å². The zero-order valence-electron chi connectivity index (χ0n) is 16.9. The summed E-state index contributed by atoms with van der Waals surface area (Å²) in [7, 11) is 3.21. The summed E-state index contributed by atoms with van der Waals surface area (Å²) >= 11 is 1.34. The summed E-state index contributed by atoms with van der Waals surface area (Å²) in [6.45, 7) is 4.02. The molecule has 29 heavy (non-hydrogen) atoms. The Hall–Kier alpha value is -3.06. The van der Waals surface area contributed by atoms with Crippen molar-refractivity contribution in [2.24, 2.45) is 0 Å². The Morgan fingerprint density at radius 1 is 1.03 bits per heavy atom. The molecule has 0 atom stereocenters. The Bertz CT molecular complexity index is 1010. The van der Waals surface area contributed by atoms with Gasteiger partial charge in [-0.2, -0.15) is 0 Å². The highest BCUT2D eigenvalue weighted by atomic mass is 32.2. The number of hydrogen-bond donors (Lipinski definition) is 1. The van der Waals surface area contributed by atoms with Crippen molar-refractivity contribution in [3.05, 3.63) is 59.7 Å². The van der Waals surface area contributed by atoms with Gasteiger partial charge in [0, 0.05) is 17.3 Å². The maximum atomic E-state index is 12.3. The molecule has 2 aromatic carbocycles. The van der Waals surface area contributed by atoms with E-state index in [1.165, 1.54) is 11.8 Å². The summed E-state index contributed by atoms with van der Waals surface area (Å²) in [4.78, 5) is 12.3. The van der Waals surface area contributed by atoms with Crippen LogP contribution in [0.1, 0.15) is 11.1 Å². The van der Waals surface area contributed by atoms with E-state index in [0.29, 0.717) is 22.2 Å². The van der Waals surface area contributed by atoms with Gasteiger partial charge in [-0.15, -0.1) is 10.2 Å². The highest BCUT2D eigenvalue weighted by Gasteiger charge is 2.11. The number of benzene rings is 2. The Labute approximate surface area is 174 Å². The summed E-state index contributed by atoms with van der Waals surface area (Å²) in [5, 5.41) is 12.1. The first-order valence-electron chi connectivity index (χ1n) is 9.07. The molecule has 0 saturated carbocycles. The molecule has 1 N–H and O–H groups in total.